The van der Waals surface area contributed by atoms with Gasteiger partial charge in [0, 0.05) is 17.7 Å². The molecule has 0 aliphatic heterocycles. The van der Waals surface area contributed by atoms with Crippen molar-refractivity contribution in [3.05, 3.63) is 16.4 Å². The van der Waals surface area contributed by atoms with Crippen molar-refractivity contribution in [2.45, 2.75) is 19.8 Å². The molecule has 0 unspecified atom stereocenters. The summed E-state index contributed by atoms with van der Waals surface area (Å²) in [6.45, 7) is 1.98. The Labute approximate surface area is 69.8 Å². The molecule has 0 atom stereocenters. The molecule has 0 aliphatic rings. The topological polar surface area (TPSA) is 45.8 Å². The lowest BCUT2D eigenvalue weighted by molar-refractivity contribution is -0.107. The van der Waals surface area contributed by atoms with Crippen LogP contribution in [0.5, 0.6) is 0 Å². The van der Waals surface area contributed by atoms with E-state index in [0.29, 0.717) is 11.6 Å². The van der Waals surface area contributed by atoms with Gasteiger partial charge in [-0.3, -0.25) is 5.10 Å². The van der Waals surface area contributed by atoms with Crippen molar-refractivity contribution >= 4 is 17.9 Å². The minimum absolute atomic E-state index is 0.346. The highest BCUT2D eigenvalue weighted by Crippen LogP contribution is 2.16. The van der Waals surface area contributed by atoms with E-state index in [0.717, 1.165) is 24.0 Å². The Morgan fingerprint density at radius 3 is 3.00 bits per heavy atom. The van der Waals surface area contributed by atoms with Crippen LogP contribution >= 0.6 is 11.6 Å². The van der Waals surface area contributed by atoms with E-state index < -0.39 is 0 Å². The summed E-state index contributed by atoms with van der Waals surface area (Å²) in [5.74, 6) is 0. The van der Waals surface area contributed by atoms with Crippen molar-refractivity contribution in [2.75, 3.05) is 0 Å². The molecule has 3 nitrogen and oxygen atoms in total. The summed E-state index contributed by atoms with van der Waals surface area (Å²) in [5, 5.41) is 6.97. The monoisotopic (exact) mass is 172 g/mol. The summed E-state index contributed by atoms with van der Waals surface area (Å²) in [6, 6.07) is 0. The van der Waals surface area contributed by atoms with Gasteiger partial charge in [-0.15, -0.1) is 0 Å². The third-order valence-electron chi connectivity index (χ3n) is 1.54. The maximum atomic E-state index is 10.2. The second-order valence-electron chi connectivity index (χ2n) is 2.20. The molecule has 1 aromatic rings. The molecule has 0 aromatic carbocycles. The summed E-state index contributed by atoms with van der Waals surface area (Å²) in [4.78, 5) is 10.2. The molecule has 0 saturated heterocycles. The lowest BCUT2D eigenvalue weighted by Gasteiger charge is -1.93. The van der Waals surface area contributed by atoms with Gasteiger partial charge in [0.05, 0.1) is 0 Å². The van der Waals surface area contributed by atoms with Gasteiger partial charge in [0.25, 0.3) is 0 Å². The summed E-state index contributed by atoms with van der Waals surface area (Å²) < 4.78 is 0. The Bertz CT molecular complexity index is 257. The minimum atomic E-state index is 0.346. The summed E-state index contributed by atoms with van der Waals surface area (Å²) in [6.07, 6.45) is 2.00. The van der Waals surface area contributed by atoms with E-state index in [-0.39, 0.29) is 0 Å². The van der Waals surface area contributed by atoms with Crippen LogP contribution in [0.15, 0.2) is 0 Å². The van der Waals surface area contributed by atoms with E-state index in [2.05, 4.69) is 10.2 Å². The maximum absolute atomic E-state index is 10.2. The Kier molecular flexibility index (Phi) is 2.65. The van der Waals surface area contributed by atoms with Crippen molar-refractivity contribution < 1.29 is 4.79 Å². The normalized spacial score (nSPS) is 10.0. The third kappa shape index (κ3) is 1.60. The number of aromatic amines is 1. The minimum Gasteiger partial charge on any atom is -0.303 e. The van der Waals surface area contributed by atoms with Crippen molar-refractivity contribution in [2.24, 2.45) is 0 Å². The number of nitrogens with zero attached hydrogens (tertiary/aromatic N) is 1. The lowest BCUT2D eigenvalue weighted by atomic mass is 10.1. The Hall–Kier alpha value is -0.830. The van der Waals surface area contributed by atoms with Crippen molar-refractivity contribution in [1.29, 1.82) is 0 Å². The van der Waals surface area contributed by atoms with Crippen LogP contribution in [0.2, 0.25) is 5.15 Å². The fourth-order valence-corrected chi connectivity index (χ4v) is 1.19. The molecule has 0 bridgehead atoms. The molecule has 0 spiro atoms. The van der Waals surface area contributed by atoms with Gasteiger partial charge in [-0.25, -0.2) is 0 Å². The van der Waals surface area contributed by atoms with Gasteiger partial charge in [-0.1, -0.05) is 18.5 Å². The number of carbonyl (C=O) groups excluding carboxylic acids is 1. The molecule has 0 fully saturated rings. The number of H-pyrrole nitrogens is 1. The quantitative estimate of drug-likeness (QED) is 0.700. The molecule has 0 amide bonds. The van der Waals surface area contributed by atoms with Crippen LogP contribution in [0.1, 0.15) is 18.2 Å². The number of halogens is 1. The van der Waals surface area contributed by atoms with Crippen molar-refractivity contribution in [3.63, 3.8) is 0 Å². The molecule has 1 rings (SSSR count). The van der Waals surface area contributed by atoms with E-state index in [1.165, 1.54) is 0 Å². The molecule has 1 aromatic heterocycles. The van der Waals surface area contributed by atoms with E-state index in [9.17, 15) is 4.79 Å². The fourth-order valence-electron chi connectivity index (χ4n) is 0.959. The molecule has 0 aliphatic carbocycles. The Morgan fingerprint density at radius 2 is 2.45 bits per heavy atom. The number of nitrogens with one attached hydrogen (secondary N) is 1. The molecular formula is C7H9ClN2O. The third-order valence-corrected chi connectivity index (χ3v) is 1.86. The first-order valence-electron chi connectivity index (χ1n) is 3.44. The maximum Gasteiger partial charge on any atom is 0.154 e. The fraction of sp³-hybridized carbons (Fsp3) is 0.429. The van der Waals surface area contributed by atoms with Gasteiger partial charge >= 0.3 is 0 Å². The number of carbonyl (C=O) groups is 1. The van der Waals surface area contributed by atoms with Crippen LogP contribution in [-0.2, 0) is 17.6 Å². The van der Waals surface area contributed by atoms with Crippen LogP contribution in [-0.4, -0.2) is 16.5 Å². The first kappa shape index (κ1) is 8.27. The molecular weight excluding hydrogens is 164 g/mol. The van der Waals surface area contributed by atoms with Crippen molar-refractivity contribution in [3.8, 4) is 0 Å². The van der Waals surface area contributed by atoms with Gasteiger partial charge in [0.1, 0.15) is 6.29 Å². The summed E-state index contributed by atoms with van der Waals surface area (Å²) in [5.41, 5.74) is 1.77. The number of aryl methyl sites for hydroxylation is 1. The first-order chi connectivity index (χ1) is 5.29. The largest absolute Gasteiger partial charge is 0.303 e. The number of hydrogen-bond donors (Lipinski definition) is 1. The average molecular weight is 173 g/mol. The number of aldehydes is 1. The SMILES string of the molecule is CCc1[nH]nc(Cl)c1CC=O. The number of rotatable bonds is 3. The molecule has 0 radical (unpaired) electrons. The van der Waals surface area contributed by atoms with E-state index >= 15 is 0 Å². The second-order valence-corrected chi connectivity index (χ2v) is 2.55. The molecule has 4 heteroatoms. The predicted molar refractivity (Wildman–Crippen MR) is 42.7 cm³/mol. The average Bonchev–Trinajstić information content (AvgIpc) is 2.34. The van der Waals surface area contributed by atoms with Crippen LogP contribution in [0.25, 0.3) is 0 Å². The highest BCUT2D eigenvalue weighted by molar-refractivity contribution is 6.30. The molecule has 1 heterocycles. The van der Waals surface area contributed by atoms with Gasteiger partial charge in [-0.2, -0.15) is 5.10 Å². The van der Waals surface area contributed by atoms with E-state index in [1.807, 2.05) is 6.92 Å². The molecule has 60 valence electrons. The first-order valence-corrected chi connectivity index (χ1v) is 3.82. The van der Waals surface area contributed by atoms with Gasteiger partial charge in [-0.05, 0) is 6.42 Å². The highest BCUT2D eigenvalue weighted by atomic mass is 35.5. The van der Waals surface area contributed by atoms with Gasteiger partial charge in [0.2, 0.25) is 0 Å². The smallest absolute Gasteiger partial charge is 0.154 e. The van der Waals surface area contributed by atoms with Crippen LogP contribution in [0.4, 0.5) is 0 Å². The summed E-state index contributed by atoms with van der Waals surface area (Å²) >= 11 is 5.70. The highest BCUT2D eigenvalue weighted by Gasteiger charge is 2.08. The van der Waals surface area contributed by atoms with Crippen LogP contribution < -0.4 is 0 Å². The Morgan fingerprint density at radius 1 is 1.73 bits per heavy atom. The predicted octanol–water partition coefficient (Wildman–Crippen LogP) is 1.37. The molecule has 1 N–H and O–H groups in total. The van der Waals surface area contributed by atoms with E-state index in [4.69, 9.17) is 11.6 Å². The van der Waals surface area contributed by atoms with Crippen molar-refractivity contribution in [1.82, 2.24) is 10.2 Å². The standard InChI is InChI=1S/C7H9ClN2O/c1-2-6-5(3-4-11)7(8)10-9-6/h4H,2-3H2,1H3,(H,9,10). The molecule has 0 saturated carbocycles. The zero-order valence-electron chi connectivity index (χ0n) is 6.22. The number of hydrogen-bond acceptors (Lipinski definition) is 2. The van der Waals surface area contributed by atoms with Crippen LogP contribution in [0, 0.1) is 0 Å². The zero-order chi connectivity index (χ0) is 8.27. The van der Waals surface area contributed by atoms with Crippen LogP contribution in [0.3, 0.4) is 0 Å². The lowest BCUT2D eigenvalue weighted by Crippen LogP contribution is -1.90. The van der Waals surface area contributed by atoms with Gasteiger partial charge < -0.3 is 4.79 Å². The zero-order valence-corrected chi connectivity index (χ0v) is 6.98. The summed E-state index contributed by atoms with van der Waals surface area (Å²) in [7, 11) is 0. The van der Waals surface area contributed by atoms with E-state index in [1.54, 1.807) is 0 Å². The van der Waals surface area contributed by atoms with Gasteiger partial charge in [0.15, 0.2) is 5.15 Å². The number of aromatic nitrogens is 2. The molecule has 11 heavy (non-hydrogen) atoms. The Balaban J connectivity index is 2.96. The second kappa shape index (κ2) is 3.53.